The predicted octanol–water partition coefficient (Wildman–Crippen LogP) is 2.51. The molecule has 1 aromatic carbocycles. The second-order valence-corrected chi connectivity index (χ2v) is 4.40. The fourth-order valence-electron chi connectivity index (χ4n) is 1.81. The monoisotopic (exact) mass is 281 g/mol. The highest BCUT2D eigenvalue weighted by molar-refractivity contribution is 6.31. The Morgan fingerprint density at radius 1 is 1.53 bits per heavy atom. The molecular formula is C13H12ClNO4. The molecule has 1 amide bonds. The summed E-state index contributed by atoms with van der Waals surface area (Å²) < 4.78 is 4.83. The second-order valence-electron chi connectivity index (χ2n) is 3.96. The Morgan fingerprint density at radius 2 is 2.26 bits per heavy atom. The van der Waals surface area contributed by atoms with Gasteiger partial charge in [0, 0.05) is 10.6 Å². The number of aliphatic hydroxyl groups is 1. The summed E-state index contributed by atoms with van der Waals surface area (Å²) in [4.78, 5) is 23.5. The Hall–Kier alpha value is -2.01. The minimum Gasteiger partial charge on any atom is -0.507 e. The van der Waals surface area contributed by atoms with E-state index >= 15 is 0 Å². The number of esters is 1. The number of fused-ring (bicyclic) bond motifs is 1. The van der Waals surface area contributed by atoms with Crippen molar-refractivity contribution in [1.29, 1.82) is 0 Å². The largest absolute Gasteiger partial charge is 0.507 e. The number of anilines is 1. The molecule has 5 nitrogen and oxygen atoms in total. The lowest BCUT2D eigenvalue weighted by Gasteiger charge is -2.08. The molecule has 2 N–H and O–H groups in total. The number of amides is 1. The first-order valence-corrected chi connectivity index (χ1v) is 6.09. The number of carbonyl (C=O) groups excluding carboxylic acids is 2. The normalized spacial score (nSPS) is 14.5. The van der Waals surface area contributed by atoms with Crippen LogP contribution in [0.2, 0.25) is 5.02 Å². The van der Waals surface area contributed by atoms with Gasteiger partial charge < -0.3 is 15.2 Å². The third-order valence-corrected chi connectivity index (χ3v) is 2.89. The van der Waals surface area contributed by atoms with Gasteiger partial charge >= 0.3 is 5.97 Å². The van der Waals surface area contributed by atoms with Crippen LogP contribution in [0.3, 0.4) is 0 Å². The first-order valence-electron chi connectivity index (χ1n) is 5.72. The fraction of sp³-hybridized carbons (Fsp3) is 0.231. The van der Waals surface area contributed by atoms with Crippen molar-refractivity contribution in [2.45, 2.75) is 13.3 Å². The van der Waals surface area contributed by atoms with Crippen molar-refractivity contribution in [2.24, 2.45) is 0 Å². The SMILES string of the molecule is CCOC(=O)C1=C(O)c2ccc(Cl)cc2NC(=O)C1. The average Bonchev–Trinajstić information content (AvgIpc) is 2.46. The quantitative estimate of drug-likeness (QED) is 0.817. The highest BCUT2D eigenvalue weighted by atomic mass is 35.5. The van der Waals surface area contributed by atoms with Crippen LogP contribution < -0.4 is 5.32 Å². The maximum absolute atomic E-state index is 11.7. The van der Waals surface area contributed by atoms with Gasteiger partial charge in [-0.2, -0.15) is 0 Å². The zero-order valence-electron chi connectivity index (χ0n) is 10.2. The van der Waals surface area contributed by atoms with Gasteiger partial charge in [0.2, 0.25) is 5.91 Å². The summed E-state index contributed by atoms with van der Waals surface area (Å²) in [7, 11) is 0. The molecule has 0 fully saturated rings. The Morgan fingerprint density at radius 3 is 2.95 bits per heavy atom. The van der Waals surface area contributed by atoms with E-state index in [-0.39, 0.29) is 24.4 Å². The molecule has 0 aromatic heterocycles. The van der Waals surface area contributed by atoms with E-state index in [0.29, 0.717) is 16.3 Å². The number of aliphatic hydroxyl groups excluding tert-OH is 1. The van der Waals surface area contributed by atoms with Crippen molar-refractivity contribution in [2.75, 3.05) is 11.9 Å². The smallest absolute Gasteiger partial charge is 0.338 e. The third kappa shape index (κ3) is 2.71. The highest BCUT2D eigenvalue weighted by Crippen LogP contribution is 2.31. The molecule has 2 rings (SSSR count). The number of carbonyl (C=O) groups is 2. The van der Waals surface area contributed by atoms with Crippen molar-refractivity contribution in [1.82, 2.24) is 0 Å². The molecule has 0 bridgehead atoms. The number of nitrogens with one attached hydrogen (secondary N) is 1. The molecule has 0 radical (unpaired) electrons. The fourth-order valence-corrected chi connectivity index (χ4v) is 1.99. The summed E-state index contributed by atoms with van der Waals surface area (Å²) in [6.45, 7) is 1.82. The van der Waals surface area contributed by atoms with Crippen LogP contribution in [-0.4, -0.2) is 23.6 Å². The lowest BCUT2D eigenvalue weighted by molar-refractivity contribution is -0.139. The van der Waals surface area contributed by atoms with Gasteiger partial charge in [0.15, 0.2) is 0 Å². The van der Waals surface area contributed by atoms with Gasteiger partial charge in [-0.05, 0) is 25.1 Å². The van der Waals surface area contributed by atoms with Crippen LogP contribution in [0.1, 0.15) is 18.9 Å². The van der Waals surface area contributed by atoms with Crippen molar-refractivity contribution in [3.63, 3.8) is 0 Å². The van der Waals surface area contributed by atoms with Gasteiger partial charge in [-0.1, -0.05) is 11.6 Å². The number of halogens is 1. The summed E-state index contributed by atoms with van der Waals surface area (Å²) in [6, 6.07) is 4.62. The first-order chi connectivity index (χ1) is 9.02. The molecular weight excluding hydrogens is 270 g/mol. The van der Waals surface area contributed by atoms with E-state index in [1.807, 2.05) is 0 Å². The van der Waals surface area contributed by atoms with E-state index in [1.54, 1.807) is 13.0 Å². The van der Waals surface area contributed by atoms with Crippen LogP contribution in [0.15, 0.2) is 23.8 Å². The molecule has 1 aromatic rings. The van der Waals surface area contributed by atoms with Crippen molar-refractivity contribution in [3.05, 3.63) is 34.4 Å². The van der Waals surface area contributed by atoms with Gasteiger partial charge in [-0.25, -0.2) is 4.79 Å². The average molecular weight is 282 g/mol. The first kappa shape index (κ1) is 13.4. The Balaban J connectivity index is 2.54. The van der Waals surface area contributed by atoms with Crippen molar-refractivity contribution < 1.29 is 19.4 Å². The van der Waals surface area contributed by atoms with Crippen LogP contribution in [0.5, 0.6) is 0 Å². The van der Waals surface area contributed by atoms with E-state index < -0.39 is 11.9 Å². The Bertz CT molecular complexity index is 580. The number of rotatable bonds is 2. The topological polar surface area (TPSA) is 75.6 Å². The summed E-state index contributed by atoms with van der Waals surface area (Å²) in [5.41, 5.74) is 0.660. The molecule has 19 heavy (non-hydrogen) atoms. The van der Waals surface area contributed by atoms with Gasteiger partial charge in [-0.15, -0.1) is 0 Å². The lowest BCUT2D eigenvalue weighted by Crippen LogP contribution is -2.15. The van der Waals surface area contributed by atoms with Gasteiger partial charge in [0.25, 0.3) is 0 Å². The van der Waals surface area contributed by atoms with Crippen LogP contribution in [0.25, 0.3) is 5.76 Å². The van der Waals surface area contributed by atoms with Crippen LogP contribution in [-0.2, 0) is 14.3 Å². The van der Waals surface area contributed by atoms with Crippen LogP contribution in [0, 0.1) is 0 Å². The Kier molecular flexibility index (Phi) is 3.76. The van der Waals surface area contributed by atoms with Gasteiger partial charge in [0.05, 0.1) is 24.3 Å². The molecule has 1 aliphatic heterocycles. The zero-order valence-corrected chi connectivity index (χ0v) is 11.0. The molecule has 0 atom stereocenters. The van der Waals surface area contributed by atoms with Gasteiger partial charge in [-0.3, -0.25) is 4.79 Å². The molecule has 0 aliphatic carbocycles. The second kappa shape index (κ2) is 5.32. The van der Waals surface area contributed by atoms with Crippen LogP contribution in [0.4, 0.5) is 5.69 Å². The highest BCUT2D eigenvalue weighted by Gasteiger charge is 2.26. The predicted molar refractivity (Wildman–Crippen MR) is 70.9 cm³/mol. The Labute approximate surface area is 114 Å². The third-order valence-electron chi connectivity index (χ3n) is 2.66. The number of benzene rings is 1. The molecule has 6 heteroatoms. The van der Waals surface area contributed by atoms with E-state index in [1.165, 1.54) is 12.1 Å². The lowest BCUT2D eigenvalue weighted by atomic mass is 10.1. The number of hydrogen-bond acceptors (Lipinski definition) is 4. The molecule has 0 saturated carbocycles. The number of hydrogen-bond donors (Lipinski definition) is 2. The standard InChI is InChI=1S/C13H12ClNO4/c1-2-19-13(18)9-6-11(16)15-10-5-7(14)3-4-8(10)12(9)17/h3-5,17H,2,6H2,1H3,(H,15,16). The van der Waals surface area contributed by atoms with E-state index in [0.717, 1.165) is 0 Å². The summed E-state index contributed by atoms with van der Waals surface area (Å²) in [5.74, 6) is -1.36. The maximum atomic E-state index is 11.7. The molecule has 0 unspecified atom stereocenters. The minimum atomic E-state index is -0.696. The summed E-state index contributed by atoms with van der Waals surface area (Å²) >= 11 is 5.83. The van der Waals surface area contributed by atoms with E-state index in [9.17, 15) is 14.7 Å². The zero-order chi connectivity index (χ0) is 14.0. The summed E-state index contributed by atoms with van der Waals surface area (Å²) in [6.07, 6.45) is -0.239. The molecule has 1 aliphatic rings. The van der Waals surface area contributed by atoms with E-state index in [4.69, 9.17) is 16.3 Å². The summed E-state index contributed by atoms with van der Waals surface area (Å²) in [5, 5.41) is 13.2. The molecule has 100 valence electrons. The van der Waals surface area contributed by atoms with Crippen molar-refractivity contribution >= 4 is 34.9 Å². The number of ether oxygens (including phenoxy) is 1. The van der Waals surface area contributed by atoms with Gasteiger partial charge in [0.1, 0.15) is 5.76 Å². The van der Waals surface area contributed by atoms with Crippen LogP contribution >= 0.6 is 11.6 Å². The maximum Gasteiger partial charge on any atom is 0.338 e. The molecule has 0 spiro atoms. The minimum absolute atomic E-state index is 0.0552. The molecule has 1 heterocycles. The van der Waals surface area contributed by atoms with Crippen molar-refractivity contribution in [3.8, 4) is 0 Å². The molecule has 0 saturated heterocycles. The van der Waals surface area contributed by atoms with E-state index in [2.05, 4.69) is 5.32 Å².